The summed E-state index contributed by atoms with van der Waals surface area (Å²) in [6.07, 6.45) is 3.34. The van der Waals surface area contributed by atoms with Crippen molar-refractivity contribution in [3.8, 4) is 10.6 Å². The first-order chi connectivity index (χ1) is 12.8. The Morgan fingerprint density at radius 2 is 1.73 bits per heavy atom. The molecule has 3 nitrogen and oxygen atoms in total. The summed E-state index contributed by atoms with van der Waals surface area (Å²) in [6.45, 7) is 0. The van der Waals surface area contributed by atoms with E-state index in [4.69, 9.17) is 0 Å². The molecule has 0 saturated heterocycles. The van der Waals surface area contributed by atoms with Gasteiger partial charge in [-0.05, 0) is 35.9 Å². The SMILES string of the molecule is O=C(C=Cc1ccccc1)Nc1cccc(-c2nc3ccccc3s2)c1. The molecule has 0 atom stereocenters. The molecule has 0 unspecified atom stereocenters. The number of aromatic nitrogens is 1. The van der Waals surface area contributed by atoms with Crippen molar-refractivity contribution in [3.63, 3.8) is 0 Å². The number of thiazole rings is 1. The molecule has 0 bridgehead atoms. The molecule has 1 heterocycles. The number of carbonyl (C=O) groups excluding carboxylic acids is 1. The maximum Gasteiger partial charge on any atom is 0.248 e. The summed E-state index contributed by atoms with van der Waals surface area (Å²) in [7, 11) is 0. The highest BCUT2D eigenvalue weighted by molar-refractivity contribution is 7.21. The summed E-state index contributed by atoms with van der Waals surface area (Å²) in [5.41, 5.74) is 3.74. The molecule has 126 valence electrons. The zero-order valence-corrected chi connectivity index (χ0v) is 14.7. The molecule has 0 saturated carbocycles. The average Bonchev–Trinajstić information content (AvgIpc) is 3.12. The van der Waals surface area contributed by atoms with Crippen LogP contribution in [0.5, 0.6) is 0 Å². The smallest absolute Gasteiger partial charge is 0.248 e. The Bertz CT molecular complexity index is 1050. The van der Waals surface area contributed by atoms with Crippen LogP contribution in [-0.4, -0.2) is 10.9 Å². The zero-order valence-electron chi connectivity index (χ0n) is 13.9. The van der Waals surface area contributed by atoms with Gasteiger partial charge >= 0.3 is 0 Å². The lowest BCUT2D eigenvalue weighted by Gasteiger charge is -2.04. The first-order valence-corrected chi connectivity index (χ1v) is 9.10. The highest BCUT2D eigenvalue weighted by Crippen LogP contribution is 2.31. The fourth-order valence-corrected chi connectivity index (χ4v) is 3.61. The van der Waals surface area contributed by atoms with Gasteiger partial charge in [0.05, 0.1) is 10.2 Å². The standard InChI is InChI=1S/C22H16N2OS/c25-21(14-13-16-7-2-1-3-8-16)23-18-10-6-9-17(15-18)22-24-19-11-4-5-12-20(19)26-22/h1-15H,(H,23,25). The number of hydrogen-bond donors (Lipinski definition) is 1. The molecule has 1 aromatic heterocycles. The minimum Gasteiger partial charge on any atom is -0.322 e. The molecule has 1 amide bonds. The van der Waals surface area contributed by atoms with Crippen LogP contribution in [0.25, 0.3) is 26.9 Å². The highest BCUT2D eigenvalue weighted by atomic mass is 32.1. The Balaban J connectivity index is 1.52. The lowest BCUT2D eigenvalue weighted by molar-refractivity contribution is -0.111. The number of nitrogens with one attached hydrogen (secondary N) is 1. The normalized spacial score (nSPS) is 11.1. The van der Waals surface area contributed by atoms with Gasteiger partial charge in [0.25, 0.3) is 0 Å². The van der Waals surface area contributed by atoms with E-state index in [1.807, 2.05) is 72.8 Å². The molecule has 0 spiro atoms. The van der Waals surface area contributed by atoms with E-state index in [-0.39, 0.29) is 5.91 Å². The van der Waals surface area contributed by atoms with E-state index in [0.29, 0.717) is 0 Å². The van der Waals surface area contributed by atoms with Crippen molar-refractivity contribution in [3.05, 3.63) is 90.5 Å². The molecule has 0 fully saturated rings. The van der Waals surface area contributed by atoms with E-state index in [9.17, 15) is 4.79 Å². The maximum absolute atomic E-state index is 12.2. The number of benzene rings is 3. The van der Waals surface area contributed by atoms with Crippen LogP contribution < -0.4 is 5.32 Å². The van der Waals surface area contributed by atoms with Gasteiger partial charge in [-0.25, -0.2) is 4.98 Å². The van der Waals surface area contributed by atoms with Crippen LogP contribution in [0.3, 0.4) is 0 Å². The van der Waals surface area contributed by atoms with Gasteiger partial charge in [-0.3, -0.25) is 4.79 Å². The molecule has 0 aliphatic carbocycles. The van der Waals surface area contributed by atoms with Crippen molar-refractivity contribution < 1.29 is 4.79 Å². The van der Waals surface area contributed by atoms with Gasteiger partial charge in [0.2, 0.25) is 5.91 Å². The van der Waals surface area contributed by atoms with Crippen molar-refractivity contribution in [2.75, 3.05) is 5.32 Å². The van der Waals surface area contributed by atoms with Gasteiger partial charge in [-0.1, -0.05) is 54.6 Å². The summed E-state index contributed by atoms with van der Waals surface area (Å²) < 4.78 is 1.16. The maximum atomic E-state index is 12.2. The molecular formula is C22H16N2OS. The van der Waals surface area contributed by atoms with Crippen LogP contribution >= 0.6 is 11.3 Å². The topological polar surface area (TPSA) is 42.0 Å². The molecule has 4 rings (SSSR count). The van der Waals surface area contributed by atoms with Crippen LogP contribution in [0.1, 0.15) is 5.56 Å². The Kier molecular flexibility index (Phi) is 4.58. The van der Waals surface area contributed by atoms with Crippen molar-refractivity contribution in [2.45, 2.75) is 0 Å². The van der Waals surface area contributed by atoms with Crippen LogP contribution in [0, 0.1) is 0 Å². The lowest BCUT2D eigenvalue weighted by atomic mass is 10.2. The molecule has 3 aromatic carbocycles. The average molecular weight is 356 g/mol. The summed E-state index contributed by atoms with van der Waals surface area (Å²) in [4.78, 5) is 16.8. The van der Waals surface area contributed by atoms with E-state index in [1.165, 1.54) is 0 Å². The quantitative estimate of drug-likeness (QED) is 0.483. The molecular weight excluding hydrogens is 340 g/mol. The largest absolute Gasteiger partial charge is 0.322 e. The summed E-state index contributed by atoms with van der Waals surface area (Å²) >= 11 is 1.65. The molecule has 0 radical (unpaired) electrons. The van der Waals surface area contributed by atoms with Crippen LogP contribution in [0.2, 0.25) is 0 Å². The Morgan fingerprint density at radius 1 is 0.923 bits per heavy atom. The molecule has 1 N–H and O–H groups in total. The van der Waals surface area contributed by atoms with Gasteiger partial charge in [0.1, 0.15) is 5.01 Å². The third-order valence-electron chi connectivity index (χ3n) is 3.90. The number of anilines is 1. The van der Waals surface area contributed by atoms with Crippen LogP contribution in [0.15, 0.2) is 84.9 Å². The van der Waals surface area contributed by atoms with Gasteiger partial charge in [-0.15, -0.1) is 11.3 Å². The van der Waals surface area contributed by atoms with E-state index in [0.717, 1.165) is 32.0 Å². The Labute approximate surface area is 155 Å². The minimum atomic E-state index is -0.157. The molecule has 4 heteroatoms. The first-order valence-electron chi connectivity index (χ1n) is 8.28. The second-order valence-corrected chi connectivity index (χ2v) is 6.83. The van der Waals surface area contributed by atoms with Crippen molar-refractivity contribution >= 4 is 39.2 Å². The third-order valence-corrected chi connectivity index (χ3v) is 4.98. The number of fused-ring (bicyclic) bond motifs is 1. The number of carbonyl (C=O) groups is 1. The summed E-state index contributed by atoms with van der Waals surface area (Å²) in [5, 5.41) is 3.85. The first kappa shape index (κ1) is 16.2. The summed E-state index contributed by atoms with van der Waals surface area (Å²) in [5.74, 6) is -0.157. The molecule has 0 aliphatic rings. The van der Waals surface area contributed by atoms with Gasteiger partial charge in [0, 0.05) is 17.3 Å². The van der Waals surface area contributed by atoms with Crippen molar-refractivity contribution in [2.24, 2.45) is 0 Å². The summed E-state index contributed by atoms with van der Waals surface area (Å²) in [6, 6.07) is 25.6. The second kappa shape index (κ2) is 7.33. The van der Waals surface area contributed by atoms with Crippen LogP contribution in [0.4, 0.5) is 5.69 Å². The van der Waals surface area contributed by atoms with E-state index in [1.54, 1.807) is 23.5 Å². The predicted octanol–water partition coefficient (Wildman–Crippen LogP) is 5.62. The Morgan fingerprint density at radius 3 is 2.58 bits per heavy atom. The van der Waals surface area contributed by atoms with E-state index < -0.39 is 0 Å². The van der Waals surface area contributed by atoms with E-state index >= 15 is 0 Å². The van der Waals surface area contributed by atoms with Crippen molar-refractivity contribution in [1.82, 2.24) is 4.98 Å². The fourth-order valence-electron chi connectivity index (χ4n) is 2.65. The molecule has 0 aliphatic heterocycles. The number of para-hydroxylation sites is 1. The number of rotatable bonds is 4. The highest BCUT2D eigenvalue weighted by Gasteiger charge is 2.07. The fraction of sp³-hybridized carbons (Fsp3) is 0. The van der Waals surface area contributed by atoms with E-state index in [2.05, 4.69) is 16.4 Å². The molecule has 4 aromatic rings. The minimum absolute atomic E-state index is 0.157. The van der Waals surface area contributed by atoms with Crippen LogP contribution in [-0.2, 0) is 4.79 Å². The number of amides is 1. The van der Waals surface area contributed by atoms with Gasteiger partial charge < -0.3 is 5.32 Å². The third kappa shape index (κ3) is 3.71. The second-order valence-electron chi connectivity index (χ2n) is 5.80. The van der Waals surface area contributed by atoms with Gasteiger partial charge in [0.15, 0.2) is 0 Å². The monoisotopic (exact) mass is 356 g/mol. The van der Waals surface area contributed by atoms with Gasteiger partial charge in [-0.2, -0.15) is 0 Å². The molecule has 26 heavy (non-hydrogen) atoms. The number of hydrogen-bond acceptors (Lipinski definition) is 3. The lowest BCUT2D eigenvalue weighted by Crippen LogP contribution is -2.07. The van der Waals surface area contributed by atoms with Crippen molar-refractivity contribution in [1.29, 1.82) is 0 Å². The number of nitrogens with zero attached hydrogens (tertiary/aromatic N) is 1. The zero-order chi connectivity index (χ0) is 17.8. The predicted molar refractivity (Wildman–Crippen MR) is 109 cm³/mol. The Hall–Kier alpha value is -3.24.